The third-order valence-corrected chi connectivity index (χ3v) is 3.42. The summed E-state index contributed by atoms with van der Waals surface area (Å²) >= 11 is 5.94. The number of hydrogen-bond donors (Lipinski definition) is 0. The van der Waals surface area contributed by atoms with Crippen molar-refractivity contribution >= 4 is 22.6 Å². The molecule has 3 aromatic rings. The molecular weight excluding hydrogens is 298 g/mol. The van der Waals surface area contributed by atoms with Crippen LogP contribution in [0.15, 0.2) is 47.4 Å². The van der Waals surface area contributed by atoms with E-state index in [1.807, 2.05) is 51.1 Å². The van der Waals surface area contributed by atoms with Crippen LogP contribution in [0, 0.1) is 6.92 Å². The number of aryl methyl sites for hydroxylation is 1. The van der Waals surface area contributed by atoms with Crippen LogP contribution in [0.25, 0.3) is 16.7 Å². The molecule has 0 aliphatic carbocycles. The Bertz CT molecular complexity index is 828. The van der Waals surface area contributed by atoms with Gasteiger partial charge in [0.05, 0.1) is 17.0 Å². The van der Waals surface area contributed by atoms with Gasteiger partial charge in [0.25, 0.3) is 5.56 Å². The Labute approximate surface area is 134 Å². The van der Waals surface area contributed by atoms with E-state index in [4.69, 9.17) is 11.6 Å². The molecule has 5 heteroatoms. The third-order valence-electron chi connectivity index (χ3n) is 3.18. The molecule has 0 radical (unpaired) electrons. The molecule has 0 atom stereocenters. The molecule has 0 unspecified atom stereocenters. The second-order valence-corrected chi connectivity index (χ2v) is 4.73. The van der Waals surface area contributed by atoms with E-state index in [1.165, 1.54) is 0 Å². The normalized spacial score (nSPS) is 10.2. The van der Waals surface area contributed by atoms with E-state index < -0.39 is 0 Å². The quantitative estimate of drug-likeness (QED) is 0.675. The number of pyridine rings is 1. The number of hydrogen-bond acceptors (Lipinski definition) is 3. The van der Waals surface area contributed by atoms with Crippen LogP contribution in [0.1, 0.15) is 25.2 Å². The van der Waals surface area contributed by atoms with Gasteiger partial charge in [-0.05, 0) is 30.7 Å². The van der Waals surface area contributed by atoms with Gasteiger partial charge in [0, 0.05) is 6.20 Å². The van der Waals surface area contributed by atoms with E-state index >= 15 is 0 Å². The topological polar surface area (TPSA) is 47.8 Å². The zero-order chi connectivity index (χ0) is 16.1. The number of para-hydroxylation sites is 1. The van der Waals surface area contributed by atoms with E-state index in [9.17, 15) is 4.79 Å². The van der Waals surface area contributed by atoms with E-state index in [1.54, 1.807) is 16.8 Å². The fourth-order valence-electron chi connectivity index (χ4n) is 2.23. The summed E-state index contributed by atoms with van der Waals surface area (Å²) in [5.74, 6) is 0.642. The molecule has 0 saturated heterocycles. The Morgan fingerprint density at radius 1 is 1.14 bits per heavy atom. The van der Waals surface area contributed by atoms with Crippen molar-refractivity contribution in [2.24, 2.45) is 0 Å². The van der Waals surface area contributed by atoms with E-state index in [-0.39, 0.29) is 11.4 Å². The van der Waals surface area contributed by atoms with Crippen molar-refractivity contribution in [3.8, 4) is 5.69 Å². The summed E-state index contributed by atoms with van der Waals surface area (Å²) in [6.07, 6.45) is 1.65. The van der Waals surface area contributed by atoms with Crippen molar-refractivity contribution in [1.29, 1.82) is 0 Å². The molecule has 0 aliphatic rings. The van der Waals surface area contributed by atoms with Crippen molar-refractivity contribution in [3.63, 3.8) is 0 Å². The maximum Gasteiger partial charge on any atom is 0.267 e. The fraction of sp³-hybridized carbons (Fsp3) is 0.235. The van der Waals surface area contributed by atoms with Gasteiger partial charge >= 0.3 is 0 Å². The molecule has 4 nitrogen and oxygen atoms in total. The highest BCUT2D eigenvalue weighted by Crippen LogP contribution is 2.15. The fourth-order valence-corrected chi connectivity index (χ4v) is 2.41. The maximum absolute atomic E-state index is 12.8. The Morgan fingerprint density at radius 3 is 2.45 bits per heavy atom. The van der Waals surface area contributed by atoms with Crippen LogP contribution >= 0.6 is 11.6 Å². The van der Waals surface area contributed by atoms with Crippen LogP contribution in [0.5, 0.6) is 0 Å². The van der Waals surface area contributed by atoms with Crippen LogP contribution < -0.4 is 5.56 Å². The monoisotopic (exact) mass is 315 g/mol. The van der Waals surface area contributed by atoms with E-state index in [2.05, 4.69) is 9.97 Å². The lowest BCUT2D eigenvalue weighted by atomic mass is 10.2. The molecular formula is C17H18ClN3O. The minimum absolute atomic E-state index is 0.137. The van der Waals surface area contributed by atoms with Gasteiger partial charge in [-0.2, -0.15) is 0 Å². The van der Waals surface area contributed by atoms with Gasteiger partial charge in [-0.15, -0.1) is 11.6 Å². The molecule has 1 aromatic carbocycles. The summed E-state index contributed by atoms with van der Waals surface area (Å²) in [6.45, 7) is 5.88. The summed E-state index contributed by atoms with van der Waals surface area (Å²) in [5.41, 5.74) is 1.92. The molecule has 114 valence electrons. The lowest BCUT2D eigenvalue weighted by Crippen LogP contribution is -2.24. The highest BCUT2D eigenvalue weighted by molar-refractivity contribution is 6.16. The lowest BCUT2D eigenvalue weighted by Gasteiger charge is -2.12. The summed E-state index contributed by atoms with van der Waals surface area (Å²) in [6, 6.07) is 11.2. The second kappa shape index (κ2) is 7.18. The number of fused-ring (bicyclic) bond motifs is 1. The average Bonchev–Trinajstić information content (AvgIpc) is 2.57. The van der Waals surface area contributed by atoms with Crippen molar-refractivity contribution in [1.82, 2.24) is 14.5 Å². The Morgan fingerprint density at radius 2 is 1.82 bits per heavy atom. The van der Waals surface area contributed by atoms with Crippen LogP contribution in [0.3, 0.4) is 0 Å². The summed E-state index contributed by atoms with van der Waals surface area (Å²) in [7, 11) is 0. The number of nitrogens with zero attached hydrogens (tertiary/aromatic N) is 3. The SMILES string of the molecule is CC.Cc1ccnc2nc(CCl)n(-c3ccccc3)c(=O)c12. The minimum Gasteiger partial charge on any atom is -0.268 e. The Balaban J connectivity index is 0.000000847. The van der Waals surface area contributed by atoms with Gasteiger partial charge < -0.3 is 0 Å². The standard InChI is InChI=1S/C15H12ClN3O.C2H6/c1-10-7-8-17-14-13(10)15(20)19(12(9-16)18-14)11-5-3-2-4-6-11;1-2/h2-8H,9H2,1H3;1-2H3. The Hall–Kier alpha value is -2.20. The molecule has 0 spiro atoms. The van der Waals surface area contributed by atoms with E-state index in [0.717, 1.165) is 11.3 Å². The van der Waals surface area contributed by atoms with Gasteiger partial charge in [-0.25, -0.2) is 9.97 Å². The zero-order valence-electron chi connectivity index (χ0n) is 12.9. The molecule has 0 bridgehead atoms. The predicted octanol–water partition coefficient (Wildman–Crippen LogP) is 3.85. The lowest BCUT2D eigenvalue weighted by molar-refractivity contribution is 0.875. The van der Waals surface area contributed by atoms with Crippen LogP contribution in [-0.2, 0) is 5.88 Å². The van der Waals surface area contributed by atoms with Crippen molar-refractivity contribution in [3.05, 3.63) is 64.3 Å². The number of benzene rings is 1. The molecule has 3 rings (SSSR count). The van der Waals surface area contributed by atoms with Gasteiger partial charge in [0.15, 0.2) is 5.65 Å². The largest absolute Gasteiger partial charge is 0.268 e. The number of alkyl halides is 1. The van der Waals surface area contributed by atoms with Gasteiger partial charge in [-0.1, -0.05) is 32.0 Å². The van der Waals surface area contributed by atoms with Crippen molar-refractivity contribution in [2.75, 3.05) is 0 Å². The van der Waals surface area contributed by atoms with Crippen molar-refractivity contribution < 1.29 is 0 Å². The van der Waals surface area contributed by atoms with Gasteiger partial charge in [-0.3, -0.25) is 9.36 Å². The molecule has 22 heavy (non-hydrogen) atoms. The first-order valence-corrected chi connectivity index (χ1v) is 7.74. The first-order chi connectivity index (χ1) is 10.7. The minimum atomic E-state index is -0.137. The number of halogens is 1. The van der Waals surface area contributed by atoms with Crippen LogP contribution in [0.2, 0.25) is 0 Å². The predicted molar refractivity (Wildman–Crippen MR) is 90.8 cm³/mol. The second-order valence-electron chi connectivity index (χ2n) is 4.46. The highest BCUT2D eigenvalue weighted by Gasteiger charge is 2.13. The van der Waals surface area contributed by atoms with Gasteiger partial charge in [0.2, 0.25) is 0 Å². The number of rotatable bonds is 2. The molecule has 2 aromatic heterocycles. The smallest absolute Gasteiger partial charge is 0.267 e. The molecule has 0 amide bonds. The zero-order valence-corrected chi connectivity index (χ0v) is 13.6. The molecule has 0 saturated carbocycles. The summed E-state index contributed by atoms with van der Waals surface area (Å²) < 4.78 is 1.55. The first-order valence-electron chi connectivity index (χ1n) is 7.21. The summed E-state index contributed by atoms with van der Waals surface area (Å²) in [4.78, 5) is 21.3. The van der Waals surface area contributed by atoms with Gasteiger partial charge in [0.1, 0.15) is 5.82 Å². The van der Waals surface area contributed by atoms with Crippen LogP contribution in [-0.4, -0.2) is 14.5 Å². The average molecular weight is 316 g/mol. The molecule has 0 fully saturated rings. The third kappa shape index (κ3) is 2.88. The molecule has 0 N–H and O–H groups in total. The van der Waals surface area contributed by atoms with Crippen LogP contribution in [0.4, 0.5) is 0 Å². The molecule has 0 aliphatic heterocycles. The highest BCUT2D eigenvalue weighted by atomic mass is 35.5. The van der Waals surface area contributed by atoms with E-state index in [0.29, 0.717) is 16.9 Å². The Kier molecular flexibility index (Phi) is 5.28. The summed E-state index contributed by atoms with van der Waals surface area (Å²) in [5, 5.41) is 0.533. The number of aromatic nitrogens is 3. The molecule has 2 heterocycles. The maximum atomic E-state index is 12.8. The van der Waals surface area contributed by atoms with Crippen molar-refractivity contribution in [2.45, 2.75) is 26.7 Å². The first kappa shape index (κ1) is 16.2.